The van der Waals surface area contributed by atoms with E-state index < -0.39 is 6.10 Å². The summed E-state index contributed by atoms with van der Waals surface area (Å²) in [6.07, 6.45) is 2.28. The Balaban J connectivity index is 1.38. The summed E-state index contributed by atoms with van der Waals surface area (Å²) in [6.45, 7) is 5.51. The van der Waals surface area contributed by atoms with Crippen LogP contribution in [0.5, 0.6) is 11.5 Å². The number of carbonyl (C=O) groups is 3. The summed E-state index contributed by atoms with van der Waals surface area (Å²) in [4.78, 5) is 41.4. The number of fused-ring (bicyclic) bond motifs is 1. The first kappa shape index (κ1) is 24.6. The van der Waals surface area contributed by atoms with Gasteiger partial charge in [-0.2, -0.15) is 0 Å². The molecule has 3 amide bonds. The van der Waals surface area contributed by atoms with Gasteiger partial charge < -0.3 is 24.6 Å². The van der Waals surface area contributed by atoms with Crippen molar-refractivity contribution in [2.75, 3.05) is 31.1 Å². The summed E-state index contributed by atoms with van der Waals surface area (Å²) in [5, 5.41) is 3.07. The first-order chi connectivity index (χ1) is 17.0. The molecule has 8 nitrogen and oxygen atoms in total. The van der Waals surface area contributed by atoms with Crippen molar-refractivity contribution in [2.24, 2.45) is 0 Å². The maximum absolute atomic E-state index is 12.9. The van der Waals surface area contributed by atoms with Gasteiger partial charge in [0, 0.05) is 31.6 Å². The van der Waals surface area contributed by atoms with Crippen molar-refractivity contribution in [3.05, 3.63) is 54.1 Å². The van der Waals surface area contributed by atoms with Crippen molar-refractivity contribution in [1.82, 2.24) is 10.2 Å². The van der Waals surface area contributed by atoms with Crippen LogP contribution in [-0.4, -0.2) is 55.0 Å². The monoisotopic (exact) mass is 479 g/mol. The molecular weight excluding hydrogens is 446 g/mol. The summed E-state index contributed by atoms with van der Waals surface area (Å²) in [7, 11) is 0. The van der Waals surface area contributed by atoms with E-state index >= 15 is 0 Å². The van der Waals surface area contributed by atoms with Gasteiger partial charge in [0.25, 0.3) is 11.8 Å². The zero-order valence-electron chi connectivity index (χ0n) is 20.4. The van der Waals surface area contributed by atoms with Gasteiger partial charge in [-0.25, -0.2) is 0 Å². The van der Waals surface area contributed by atoms with Gasteiger partial charge in [-0.3, -0.25) is 14.4 Å². The highest BCUT2D eigenvalue weighted by atomic mass is 16.5. The van der Waals surface area contributed by atoms with E-state index in [1.54, 1.807) is 11.8 Å². The lowest BCUT2D eigenvalue weighted by Gasteiger charge is -2.33. The fourth-order valence-electron chi connectivity index (χ4n) is 4.57. The van der Waals surface area contributed by atoms with E-state index in [1.165, 1.54) is 0 Å². The fourth-order valence-corrected chi connectivity index (χ4v) is 4.57. The third-order valence-electron chi connectivity index (χ3n) is 6.48. The quantitative estimate of drug-likeness (QED) is 0.595. The van der Waals surface area contributed by atoms with E-state index in [-0.39, 0.29) is 43.3 Å². The van der Waals surface area contributed by atoms with Crippen LogP contribution in [0.1, 0.15) is 51.1 Å². The maximum Gasteiger partial charge on any atom is 0.267 e. The summed E-state index contributed by atoms with van der Waals surface area (Å²) < 4.78 is 11.6. The lowest BCUT2D eigenvalue weighted by Crippen LogP contribution is -2.46. The molecule has 186 valence electrons. The molecular formula is C27H33N3O5. The van der Waals surface area contributed by atoms with Gasteiger partial charge in [0.1, 0.15) is 11.5 Å². The number of ether oxygens (including phenoxy) is 2. The number of nitrogens with one attached hydrogen (secondary N) is 1. The molecule has 2 aromatic rings. The molecule has 1 N–H and O–H groups in total. The van der Waals surface area contributed by atoms with Gasteiger partial charge in [-0.1, -0.05) is 37.3 Å². The Labute approximate surface area is 206 Å². The van der Waals surface area contributed by atoms with Gasteiger partial charge in [-0.05, 0) is 44.4 Å². The number of nitrogens with zero attached hydrogens (tertiary/aromatic N) is 2. The first-order valence-corrected chi connectivity index (χ1v) is 12.3. The second-order valence-corrected chi connectivity index (χ2v) is 8.91. The Bertz CT molecular complexity index is 1070. The van der Waals surface area contributed by atoms with E-state index in [0.717, 1.165) is 31.5 Å². The average molecular weight is 480 g/mol. The van der Waals surface area contributed by atoms with Gasteiger partial charge in [0.05, 0.1) is 11.7 Å². The van der Waals surface area contributed by atoms with E-state index in [4.69, 9.17) is 9.47 Å². The molecule has 2 atom stereocenters. The predicted molar refractivity (Wildman–Crippen MR) is 132 cm³/mol. The number of likely N-dealkylation sites (tertiary alicyclic amines) is 1. The van der Waals surface area contributed by atoms with Crippen molar-refractivity contribution < 1.29 is 23.9 Å². The number of hydrogen-bond donors (Lipinski definition) is 1. The summed E-state index contributed by atoms with van der Waals surface area (Å²) in [6, 6.07) is 14.6. The predicted octanol–water partition coefficient (Wildman–Crippen LogP) is 3.46. The summed E-state index contributed by atoms with van der Waals surface area (Å²) in [5.74, 6) is 0.896. The molecule has 4 rings (SSSR count). The Morgan fingerprint density at radius 2 is 1.83 bits per heavy atom. The molecule has 0 radical (unpaired) electrons. The molecule has 0 saturated carbocycles. The molecule has 2 aromatic carbocycles. The van der Waals surface area contributed by atoms with Crippen LogP contribution in [0.2, 0.25) is 0 Å². The minimum absolute atomic E-state index is 0.0147. The second kappa shape index (κ2) is 11.3. The highest BCUT2D eigenvalue weighted by molar-refractivity contribution is 6.00. The average Bonchev–Trinajstić information content (AvgIpc) is 3.42. The Morgan fingerprint density at radius 3 is 2.60 bits per heavy atom. The molecule has 2 aliphatic heterocycles. The van der Waals surface area contributed by atoms with Crippen LogP contribution in [0, 0.1) is 0 Å². The summed E-state index contributed by atoms with van der Waals surface area (Å²) in [5.41, 5.74) is 1.51. The third-order valence-corrected chi connectivity index (χ3v) is 6.48. The van der Waals surface area contributed by atoms with Gasteiger partial charge in [-0.15, -0.1) is 0 Å². The Kier molecular flexibility index (Phi) is 7.90. The fraction of sp³-hybridized carbons (Fsp3) is 0.444. The summed E-state index contributed by atoms with van der Waals surface area (Å²) >= 11 is 0. The topological polar surface area (TPSA) is 88.2 Å². The van der Waals surface area contributed by atoms with E-state index in [1.807, 2.05) is 60.4 Å². The van der Waals surface area contributed by atoms with Crippen molar-refractivity contribution in [3.8, 4) is 11.5 Å². The second-order valence-electron chi connectivity index (χ2n) is 8.91. The van der Waals surface area contributed by atoms with E-state index in [9.17, 15) is 14.4 Å². The van der Waals surface area contributed by atoms with Crippen LogP contribution in [0.15, 0.2) is 48.5 Å². The van der Waals surface area contributed by atoms with Crippen molar-refractivity contribution in [1.29, 1.82) is 0 Å². The van der Waals surface area contributed by atoms with Crippen LogP contribution >= 0.6 is 0 Å². The van der Waals surface area contributed by atoms with Crippen LogP contribution in [0.3, 0.4) is 0 Å². The standard InChI is InChI=1S/C27H33N3O5/c1-3-21(20-10-4-6-12-23(20)34-18-26(32)29-15-8-9-16-29)28-25(31)14-17-30-22-11-5-7-13-24(22)35-19(2)27(30)33/h4-7,10-13,19,21H,3,8-9,14-18H2,1-2H3,(H,28,31). The molecule has 0 aromatic heterocycles. The van der Waals surface area contributed by atoms with Gasteiger partial charge >= 0.3 is 0 Å². The van der Waals surface area contributed by atoms with Crippen molar-refractivity contribution >= 4 is 23.4 Å². The molecule has 2 unspecified atom stereocenters. The largest absolute Gasteiger partial charge is 0.483 e. The lowest BCUT2D eigenvalue weighted by atomic mass is 10.0. The molecule has 2 aliphatic rings. The van der Waals surface area contributed by atoms with Crippen molar-refractivity contribution in [3.63, 3.8) is 0 Å². The van der Waals surface area contributed by atoms with Crippen molar-refractivity contribution in [2.45, 2.75) is 51.7 Å². The first-order valence-electron chi connectivity index (χ1n) is 12.3. The number of rotatable bonds is 9. The zero-order chi connectivity index (χ0) is 24.8. The van der Waals surface area contributed by atoms with Crippen LogP contribution < -0.4 is 19.7 Å². The molecule has 1 saturated heterocycles. The molecule has 8 heteroatoms. The number of amides is 3. The SMILES string of the molecule is CCC(NC(=O)CCN1C(=O)C(C)Oc2ccccc21)c1ccccc1OCC(=O)N1CCCC1. The number of carbonyl (C=O) groups excluding carboxylic acids is 3. The van der Waals surface area contributed by atoms with Crippen LogP contribution in [-0.2, 0) is 14.4 Å². The minimum Gasteiger partial charge on any atom is -0.483 e. The number of para-hydroxylation sites is 3. The van der Waals surface area contributed by atoms with Gasteiger partial charge in [0.2, 0.25) is 5.91 Å². The van der Waals surface area contributed by atoms with Crippen LogP contribution in [0.25, 0.3) is 0 Å². The molecule has 0 aliphatic carbocycles. The van der Waals surface area contributed by atoms with E-state index in [2.05, 4.69) is 5.32 Å². The highest BCUT2D eigenvalue weighted by Gasteiger charge is 2.31. The Morgan fingerprint density at radius 1 is 1.11 bits per heavy atom. The van der Waals surface area contributed by atoms with Crippen LogP contribution in [0.4, 0.5) is 5.69 Å². The molecule has 1 fully saturated rings. The smallest absolute Gasteiger partial charge is 0.267 e. The van der Waals surface area contributed by atoms with E-state index in [0.29, 0.717) is 23.6 Å². The number of benzene rings is 2. The van der Waals surface area contributed by atoms with Gasteiger partial charge in [0.15, 0.2) is 12.7 Å². The Hall–Kier alpha value is -3.55. The highest BCUT2D eigenvalue weighted by Crippen LogP contribution is 2.34. The molecule has 0 bridgehead atoms. The molecule has 0 spiro atoms. The number of hydrogen-bond acceptors (Lipinski definition) is 5. The minimum atomic E-state index is -0.594. The number of anilines is 1. The molecule has 35 heavy (non-hydrogen) atoms. The zero-order valence-corrected chi connectivity index (χ0v) is 20.4. The third kappa shape index (κ3) is 5.75. The molecule has 2 heterocycles. The lowest BCUT2D eigenvalue weighted by molar-refractivity contribution is -0.132. The normalized spacial score (nSPS) is 18.0. The maximum atomic E-state index is 12.9.